The third-order valence-corrected chi connectivity index (χ3v) is 4.34. The maximum atomic E-state index is 12.8. The molecule has 0 heterocycles. The number of nitrogens with one attached hydrogen (secondary N) is 1. The minimum Gasteiger partial charge on any atom is -0.443 e. The van der Waals surface area contributed by atoms with Gasteiger partial charge in [0, 0.05) is 0 Å². The fourth-order valence-electron chi connectivity index (χ4n) is 2.82. The lowest BCUT2D eigenvalue weighted by molar-refractivity contribution is -0.161. The van der Waals surface area contributed by atoms with Gasteiger partial charge in [-0.05, 0) is 24.3 Å². The first-order chi connectivity index (χ1) is 13.4. The van der Waals surface area contributed by atoms with Crippen LogP contribution in [0.1, 0.15) is 52.0 Å². The molecule has 1 aromatic carbocycles. The van der Waals surface area contributed by atoms with Crippen molar-refractivity contribution < 1.29 is 24.3 Å². The first-order valence-corrected chi connectivity index (χ1v) is 9.88. The minimum atomic E-state index is -0.844. The van der Waals surface area contributed by atoms with Crippen molar-refractivity contribution in [2.45, 2.75) is 65.1 Å². The lowest BCUT2D eigenvalue weighted by Gasteiger charge is -2.30. The van der Waals surface area contributed by atoms with E-state index in [4.69, 9.17) is 9.57 Å². The Kier molecular flexibility index (Phi) is 11.2. The molecule has 1 rings (SSSR count). The van der Waals surface area contributed by atoms with E-state index in [0.717, 1.165) is 23.5 Å². The highest BCUT2D eigenvalue weighted by Gasteiger charge is 2.33. The number of nitrogens with zero attached hydrogens (tertiary/aromatic N) is 1. The van der Waals surface area contributed by atoms with Crippen LogP contribution in [-0.2, 0) is 21.0 Å². The molecule has 0 aliphatic heterocycles. The Morgan fingerprint density at radius 2 is 1.89 bits per heavy atom. The zero-order chi connectivity index (χ0) is 20.9. The summed E-state index contributed by atoms with van der Waals surface area (Å²) in [6.07, 6.45) is 2.23. The second-order valence-electron chi connectivity index (χ2n) is 7.22. The summed E-state index contributed by atoms with van der Waals surface area (Å²) >= 11 is 0. The molecule has 0 saturated heterocycles. The molecule has 7 heteroatoms. The predicted molar refractivity (Wildman–Crippen MR) is 107 cm³/mol. The van der Waals surface area contributed by atoms with E-state index in [9.17, 15) is 14.7 Å². The summed E-state index contributed by atoms with van der Waals surface area (Å²) < 4.78 is 5.32. The molecule has 7 nitrogen and oxygen atoms in total. The average Bonchev–Trinajstić information content (AvgIpc) is 2.69. The highest BCUT2D eigenvalue weighted by molar-refractivity contribution is 5.85. The van der Waals surface area contributed by atoms with Crippen molar-refractivity contribution in [2.24, 2.45) is 5.92 Å². The number of carbonyl (C=O) groups excluding carboxylic acids is 2. The van der Waals surface area contributed by atoms with Crippen LogP contribution in [0.5, 0.6) is 0 Å². The highest BCUT2D eigenvalue weighted by Crippen LogP contribution is 2.15. The van der Waals surface area contributed by atoms with Crippen LogP contribution in [0.4, 0.5) is 4.79 Å². The van der Waals surface area contributed by atoms with Gasteiger partial charge >= 0.3 is 6.09 Å². The van der Waals surface area contributed by atoms with Gasteiger partial charge < -0.3 is 15.2 Å². The molecule has 0 spiro atoms. The number of hydrogen-bond donors (Lipinski definition) is 2. The number of unbranched alkanes of at least 4 members (excludes halogenated alkanes) is 1. The number of ether oxygens (including phenoxy) is 1. The number of carbonyl (C=O) groups is 2. The minimum absolute atomic E-state index is 0.0886. The molecular formula is C21H34N2O5. The van der Waals surface area contributed by atoms with Crippen LogP contribution in [-0.4, -0.2) is 48.0 Å². The molecule has 0 aliphatic rings. The average molecular weight is 395 g/mol. The zero-order valence-electron chi connectivity index (χ0n) is 17.4. The van der Waals surface area contributed by atoms with Crippen LogP contribution in [0.2, 0.25) is 0 Å². The summed E-state index contributed by atoms with van der Waals surface area (Å²) in [5.74, 6) is -0.207. The molecule has 2 atom stereocenters. The van der Waals surface area contributed by atoms with E-state index in [0.29, 0.717) is 12.8 Å². The van der Waals surface area contributed by atoms with Gasteiger partial charge in [0.05, 0.1) is 19.8 Å². The van der Waals surface area contributed by atoms with Crippen LogP contribution >= 0.6 is 0 Å². The first-order valence-electron chi connectivity index (χ1n) is 9.88. The molecule has 0 unspecified atom stereocenters. The molecule has 2 N–H and O–H groups in total. The van der Waals surface area contributed by atoms with Crippen molar-refractivity contribution in [3.63, 3.8) is 0 Å². The third kappa shape index (κ3) is 8.27. The molecule has 2 amide bonds. The smallest absolute Gasteiger partial charge is 0.435 e. The fourth-order valence-corrected chi connectivity index (χ4v) is 2.82. The normalized spacial score (nSPS) is 13.1. The molecule has 0 radical (unpaired) electrons. The number of hydroxylamine groups is 2. The van der Waals surface area contributed by atoms with Crippen LogP contribution in [0.25, 0.3) is 0 Å². The molecule has 0 aliphatic carbocycles. The standard InChI is InChI=1S/C21H34N2O5/c1-5-6-12-18(14-24)22-20(25)19(13-16(2)3)23(27-4)21(26)28-15-17-10-8-7-9-11-17/h7-11,16,18-19,24H,5-6,12-15H2,1-4H3,(H,22,25)/t18-,19-/m0/s1. The van der Waals surface area contributed by atoms with Gasteiger partial charge in [-0.2, -0.15) is 5.06 Å². The Balaban J connectivity index is 2.82. The van der Waals surface area contributed by atoms with E-state index < -0.39 is 12.1 Å². The van der Waals surface area contributed by atoms with E-state index in [1.165, 1.54) is 7.11 Å². The van der Waals surface area contributed by atoms with Gasteiger partial charge in [-0.3, -0.25) is 9.63 Å². The van der Waals surface area contributed by atoms with Crippen LogP contribution in [0, 0.1) is 5.92 Å². The summed E-state index contributed by atoms with van der Waals surface area (Å²) in [6.45, 7) is 5.91. The van der Waals surface area contributed by atoms with E-state index in [2.05, 4.69) is 5.32 Å². The Bertz CT molecular complexity index is 579. The molecule has 28 heavy (non-hydrogen) atoms. The van der Waals surface area contributed by atoms with Gasteiger partial charge in [0.25, 0.3) is 0 Å². The molecule has 0 saturated carbocycles. The maximum Gasteiger partial charge on any atom is 0.435 e. The quantitative estimate of drug-likeness (QED) is 0.531. The van der Waals surface area contributed by atoms with Crippen molar-refractivity contribution in [1.29, 1.82) is 0 Å². The lowest BCUT2D eigenvalue weighted by Crippen LogP contribution is -2.52. The van der Waals surface area contributed by atoms with E-state index in [-0.39, 0.29) is 31.1 Å². The molecule has 1 aromatic rings. The Morgan fingerprint density at radius 1 is 1.21 bits per heavy atom. The topological polar surface area (TPSA) is 88.1 Å². The monoisotopic (exact) mass is 394 g/mol. The van der Waals surface area contributed by atoms with Crippen LogP contribution < -0.4 is 5.32 Å². The number of benzene rings is 1. The molecule has 158 valence electrons. The molecular weight excluding hydrogens is 360 g/mol. The van der Waals surface area contributed by atoms with Gasteiger partial charge in [0.15, 0.2) is 0 Å². The first kappa shape index (κ1) is 23.9. The van der Waals surface area contributed by atoms with Gasteiger partial charge in [0.1, 0.15) is 12.6 Å². The van der Waals surface area contributed by atoms with Gasteiger partial charge in [-0.15, -0.1) is 0 Å². The summed E-state index contributed by atoms with van der Waals surface area (Å²) in [7, 11) is 1.34. The Hall–Kier alpha value is -2.12. The second-order valence-corrected chi connectivity index (χ2v) is 7.22. The summed E-state index contributed by atoms with van der Waals surface area (Å²) in [5, 5.41) is 13.3. The predicted octanol–water partition coefficient (Wildman–Crippen LogP) is 3.27. The fraction of sp³-hybridized carbons (Fsp3) is 0.619. The van der Waals surface area contributed by atoms with Crippen molar-refractivity contribution in [2.75, 3.05) is 13.7 Å². The van der Waals surface area contributed by atoms with Gasteiger partial charge in [-0.1, -0.05) is 63.9 Å². The van der Waals surface area contributed by atoms with Crippen LogP contribution in [0.15, 0.2) is 30.3 Å². The second kappa shape index (κ2) is 13.1. The SMILES string of the molecule is CCCC[C@@H](CO)NC(=O)[C@H](CC(C)C)N(OC)C(=O)OCc1ccccc1. The number of hydrogen-bond acceptors (Lipinski definition) is 5. The van der Waals surface area contributed by atoms with Crippen molar-refractivity contribution in [1.82, 2.24) is 10.4 Å². The van der Waals surface area contributed by atoms with E-state index in [1.807, 2.05) is 51.1 Å². The lowest BCUT2D eigenvalue weighted by atomic mass is 10.0. The molecule has 0 fully saturated rings. The number of aliphatic hydroxyl groups excluding tert-OH is 1. The molecule has 0 bridgehead atoms. The number of rotatable bonds is 12. The van der Waals surface area contributed by atoms with Crippen molar-refractivity contribution >= 4 is 12.0 Å². The van der Waals surface area contributed by atoms with E-state index >= 15 is 0 Å². The van der Waals surface area contributed by atoms with E-state index in [1.54, 1.807) is 0 Å². The Labute approximate surface area is 168 Å². The summed E-state index contributed by atoms with van der Waals surface area (Å²) in [4.78, 5) is 30.6. The highest BCUT2D eigenvalue weighted by atomic mass is 16.7. The largest absolute Gasteiger partial charge is 0.443 e. The van der Waals surface area contributed by atoms with Crippen molar-refractivity contribution in [3.8, 4) is 0 Å². The number of aliphatic hydroxyl groups is 1. The Morgan fingerprint density at radius 3 is 2.43 bits per heavy atom. The zero-order valence-corrected chi connectivity index (χ0v) is 17.4. The third-order valence-electron chi connectivity index (χ3n) is 4.34. The molecule has 0 aromatic heterocycles. The summed E-state index contributed by atoms with van der Waals surface area (Å²) in [6, 6.07) is 8.11. The van der Waals surface area contributed by atoms with Gasteiger partial charge in [-0.25, -0.2) is 4.79 Å². The maximum absolute atomic E-state index is 12.8. The van der Waals surface area contributed by atoms with Gasteiger partial charge in [0.2, 0.25) is 5.91 Å². The summed E-state index contributed by atoms with van der Waals surface area (Å²) in [5.41, 5.74) is 0.844. The van der Waals surface area contributed by atoms with Crippen LogP contribution in [0.3, 0.4) is 0 Å². The number of amides is 2. The van der Waals surface area contributed by atoms with Crippen molar-refractivity contribution in [3.05, 3.63) is 35.9 Å².